The Bertz CT molecular complexity index is 234. The van der Waals surface area contributed by atoms with Crippen LogP contribution in [0.25, 0.3) is 0 Å². The van der Waals surface area contributed by atoms with Crippen LogP contribution in [0.1, 0.15) is 27.7 Å². The van der Waals surface area contributed by atoms with Crippen LogP contribution in [-0.2, 0) is 0 Å². The highest BCUT2D eigenvalue weighted by Gasteiger charge is 2.40. The number of halogens is 3. The maximum atomic E-state index is 12.5. The lowest BCUT2D eigenvalue weighted by atomic mass is 9.93. The number of hydrogen-bond acceptors (Lipinski definition) is 2. The van der Waals surface area contributed by atoms with Crippen LogP contribution in [-0.4, -0.2) is 42.3 Å². The van der Waals surface area contributed by atoms with Gasteiger partial charge in [-0.2, -0.15) is 13.2 Å². The lowest BCUT2D eigenvalue weighted by molar-refractivity contribution is -0.158. The number of rotatable bonds is 2. The molecule has 0 aromatic heterocycles. The third kappa shape index (κ3) is 3.94. The maximum Gasteiger partial charge on any atom is 0.401 e. The molecule has 1 N–H and O–H groups in total. The predicted molar refractivity (Wildman–Crippen MR) is 58.3 cm³/mol. The molecule has 1 rings (SSSR count). The molecule has 2 nitrogen and oxygen atoms in total. The second-order valence-corrected chi connectivity index (χ2v) is 5.60. The van der Waals surface area contributed by atoms with E-state index in [1.54, 1.807) is 4.90 Å². The van der Waals surface area contributed by atoms with Crippen molar-refractivity contribution in [3.8, 4) is 0 Å². The molecule has 0 saturated carbocycles. The van der Waals surface area contributed by atoms with E-state index in [1.807, 2.05) is 27.7 Å². The Morgan fingerprint density at radius 2 is 1.94 bits per heavy atom. The summed E-state index contributed by atoms with van der Waals surface area (Å²) in [6.07, 6.45) is -4.11. The Hall–Kier alpha value is -0.290. The summed E-state index contributed by atoms with van der Waals surface area (Å²) >= 11 is 0. The SMILES string of the molecule is CC(C)C1CNC(C)(C)CN1CC(F)(F)F. The normalized spacial score (nSPS) is 27.4. The zero-order valence-corrected chi connectivity index (χ0v) is 10.4. The molecule has 0 radical (unpaired) electrons. The molecule has 5 heteroatoms. The van der Waals surface area contributed by atoms with Gasteiger partial charge in [-0.25, -0.2) is 0 Å². The molecule has 0 aromatic carbocycles. The van der Waals surface area contributed by atoms with Crippen molar-refractivity contribution >= 4 is 0 Å². The van der Waals surface area contributed by atoms with Crippen LogP contribution in [0.4, 0.5) is 13.2 Å². The second kappa shape index (κ2) is 4.53. The van der Waals surface area contributed by atoms with Gasteiger partial charge in [-0.15, -0.1) is 0 Å². The molecule has 0 aromatic rings. The monoisotopic (exact) mass is 238 g/mol. The summed E-state index contributed by atoms with van der Waals surface area (Å²) < 4.78 is 37.4. The van der Waals surface area contributed by atoms with Crippen LogP contribution in [0, 0.1) is 5.92 Å². The van der Waals surface area contributed by atoms with Gasteiger partial charge < -0.3 is 5.32 Å². The van der Waals surface area contributed by atoms with Gasteiger partial charge in [0.2, 0.25) is 0 Å². The zero-order chi connectivity index (χ0) is 12.6. The van der Waals surface area contributed by atoms with Crippen molar-refractivity contribution in [3.05, 3.63) is 0 Å². The quantitative estimate of drug-likeness (QED) is 0.794. The van der Waals surface area contributed by atoms with Gasteiger partial charge >= 0.3 is 6.18 Å². The van der Waals surface area contributed by atoms with E-state index < -0.39 is 12.7 Å². The van der Waals surface area contributed by atoms with E-state index in [9.17, 15) is 13.2 Å². The molecule has 1 saturated heterocycles. The molecule has 1 heterocycles. The molecule has 1 aliphatic rings. The van der Waals surface area contributed by atoms with Crippen molar-refractivity contribution in [2.24, 2.45) is 5.92 Å². The van der Waals surface area contributed by atoms with Crippen molar-refractivity contribution in [2.45, 2.75) is 45.5 Å². The van der Waals surface area contributed by atoms with Gasteiger partial charge in [0.05, 0.1) is 6.54 Å². The Morgan fingerprint density at radius 3 is 2.38 bits per heavy atom. The summed E-state index contributed by atoms with van der Waals surface area (Å²) in [6, 6.07) is -0.0327. The zero-order valence-electron chi connectivity index (χ0n) is 10.4. The molecular weight excluding hydrogens is 217 g/mol. The minimum absolute atomic E-state index is 0.0327. The Balaban J connectivity index is 2.72. The summed E-state index contributed by atoms with van der Waals surface area (Å²) in [4.78, 5) is 1.56. The molecule has 0 spiro atoms. The first kappa shape index (κ1) is 13.8. The highest BCUT2D eigenvalue weighted by atomic mass is 19.4. The van der Waals surface area contributed by atoms with Crippen LogP contribution < -0.4 is 5.32 Å². The van der Waals surface area contributed by atoms with Crippen LogP contribution in [0.2, 0.25) is 0 Å². The predicted octanol–water partition coefficient (Wildman–Crippen LogP) is 2.26. The summed E-state index contributed by atoms with van der Waals surface area (Å²) in [6.45, 7) is 8.07. The highest BCUT2D eigenvalue weighted by molar-refractivity contribution is 4.93. The van der Waals surface area contributed by atoms with Gasteiger partial charge in [-0.3, -0.25) is 4.90 Å². The first-order valence-electron chi connectivity index (χ1n) is 5.66. The van der Waals surface area contributed by atoms with Gasteiger partial charge in [0, 0.05) is 24.7 Å². The summed E-state index contributed by atoms with van der Waals surface area (Å²) in [7, 11) is 0. The summed E-state index contributed by atoms with van der Waals surface area (Å²) in [5, 5.41) is 3.30. The highest BCUT2D eigenvalue weighted by Crippen LogP contribution is 2.25. The van der Waals surface area contributed by atoms with E-state index >= 15 is 0 Å². The van der Waals surface area contributed by atoms with Crippen molar-refractivity contribution in [2.75, 3.05) is 19.6 Å². The fourth-order valence-electron chi connectivity index (χ4n) is 2.25. The van der Waals surface area contributed by atoms with Crippen LogP contribution in [0.3, 0.4) is 0 Å². The number of hydrogen-bond donors (Lipinski definition) is 1. The number of alkyl halides is 3. The standard InChI is InChI=1S/C11H21F3N2/c1-8(2)9-5-15-10(3,4)6-16(9)7-11(12,13)14/h8-9,15H,5-7H2,1-4H3. The Labute approximate surface area is 95.2 Å². The van der Waals surface area contributed by atoms with Crippen LogP contribution in [0.5, 0.6) is 0 Å². The second-order valence-electron chi connectivity index (χ2n) is 5.60. The van der Waals surface area contributed by atoms with E-state index in [-0.39, 0.29) is 17.5 Å². The molecule has 1 unspecified atom stereocenters. The van der Waals surface area contributed by atoms with Gasteiger partial charge in [0.1, 0.15) is 0 Å². The molecule has 1 atom stereocenters. The molecule has 1 fully saturated rings. The lowest BCUT2D eigenvalue weighted by Gasteiger charge is -2.46. The largest absolute Gasteiger partial charge is 0.401 e. The van der Waals surface area contributed by atoms with E-state index in [0.29, 0.717) is 13.1 Å². The van der Waals surface area contributed by atoms with E-state index in [4.69, 9.17) is 0 Å². The molecule has 0 aliphatic carbocycles. The van der Waals surface area contributed by atoms with Gasteiger partial charge in [0.15, 0.2) is 0 Å². The minimum atomic E-state index is -4.11. The third-order valence-corrected chi connectivity index (χ3v) is 3.01. The van der Waals surface area contributed by atoms with Crippen LogP contribution in [0.15, 0.2) is 0 Å². The van der Waals surface area contributed by atoms with Crippen molar-refractivity contribution in [1.29, 1.82) is 0 Å². The molecular formula is C11H21F3N2. The smallest absolute Gasteiger partial charge is 0.309 e. The van der Waals surface area contributed by atoms with Gasteiger partial charge in [0.25, 0.3) is 0 Å². The summed E-state index contributed by atoms with van der Waals surface area (Å²) in [5.74, 6) is 0.228. The van der Waals surface area contributed by atoms with E-state index in [1.165, 1.54) is 0 Å². The fraction of sp³-hybridized carbons (Fsp3) is 1.00. The molecule has 0 amide bonds. The fourth-order valence-corrected chi connectivity index (χ4v) is 2.25. The third-order valence-electron chi connectivity index (χ3n) is 3.01. The molecule has 16 heavy (non-hydrogen) atoms. The Morgan fingerprint density at radius 1 is 1.38 bits per heavy atom. The van der Waals surface area contributed by atoms with E-state index in [0.717, 1.165) is 0 Å². The molecule has 1 aliphatic heterocycles. The first-order valence-corrected chi connectivity index (χ1v) is 5.66. The first-order chi connectivity index (χ1) is 7.11. The lowest BCUT2D eigenvalue weighted by Crippen LogP contribution is -2.64. The molecule has 0 bridgehead atoms. The number of nitrogens with one attached hydrogen (secondary N) is 1. The number of nitrogens with zero attached hydrogens (tertiary/aromatic N) is 1. The average Bonchev–Trinajstić information content (AvgIpc) is 1.97. The summed E-state index contributed by atoms with van der Waals surface area (Å²) in [5.41, 5.74) is -0.239. The maximum absolute atomic E-state index is 12.5. The number of piperazine rings is 1. The Kier molecular flexibility index (Phi) is 3.90. The van der Waals surface area contributed by atoms with Crippen molar-refractivity contribution in [1.82, 2.24) is 10.2 Å². The minimum Gasteiger partial charge on any atom is -0.309 e. The van der Waals surface area contributed by atoms with E-state index in [2.05, 4.69) is 5.32 Å². The van der Waals surface area contributed by atoms with Gasteiger partial charge in [-0.1, -0.05) is 13.8 Å². The van der Waals surface area contributed by atoms with Crippen molar-refractivity contribution in [3.63, 3.8) is 0 Å². The average molecular weight is 238 g/mol. The van der Waals surface area contributed by atoms with Crippen LogP contribution >= 0.6 is 0 Å². The topological polar surface area (TPSA) is 15.3 Å². The van der Waals surface area contributed by atoms with Crippen molar-refractivity contribution < 1.29 is 13.2 Å². The molecule has 96 valence electrons. The van der Waals surface area contributed by atoms with Gasteiger partial charge in [-0.05, 0) is 19.8 Å².